The first kappa shape index (κ1) is 33.5. The molecule has 0 rings (SSSR count). The van der Waals surface area contributed by atoms with Crippen LogP contribution in [0, 0.1) is 0 Å². The fraction of sp³-hybridized carbons (Fsp3) is 0.960. The maximum Gasteiger partial charge on any atom is 0.472 e. The molecule has 0 spiro atoms. The number of unbranched alkanes of at least 4 members (excludes halogenated alkanes) is 16. The Morgan fingerprint density at radius 1 is 0.794 bits per heavy atom. The summed E-state index contributed by atoms with van der Waals surface area (Å²) in [4.78, 5) is 21.3. The van der Waals surface area contributed by atoms with E-state index in [-0.39, 0.29) is 19.6 Å². The van der Waals surface area contributed by atoms with E-state index in [4.69, 9.17) is 15.0 Å². The molecule has 0 aromatic rings. The molecule has 0 aliphatic carbocycles. The largest absolute Gasteiger partial charge is 0.472 e. The van der Waals surface area contributed by atoms with Crippen LogP contribution in [0.3, 0.4) is 0 Å². The van der Waals surface area contributed by atoms with Crippen LogP contribution in [-0.4, -0.2) is 48.4 Å². The highest BCUT2D eigenvalue weighted by Gasteiger charge is 2.24. The molecule has 0 saturated heterocycles. The molecule has 0 aromatic heterocycles. The van der Waals surface area contributed by atoms with Crippen molar-refractivity contribution in [3.63, 3.8) is 0 Å². The van der Waals surface area contributed by atoms with Crippen LogP contribution in [0.2, 0.25) is 0 Å². The minimum atomic E-state index is -4.26. The maximum absolute atomic E-state index is 11.9. The van der Waals surface area contributed by atoms with E-state index < -0.39 is 33.1 Å². The standard InChI is InChI=1S/C25H52NO7P/c1-2-3-4-5-6-7-8-9-10-11-12-13-14-15-16-17-18-19-25(28)33-24(22-27)23-32-34(29,30)31-21-20-26/h24,27H,2-23,26H2,1H3,(H,29,30)/t24-/m1/s1. The van der Waals surface area contributed by atoms with E-state index in [1.165, 1.54) is 89.9 Å². The van der Waals surface area contributed by atoms with Gasteiger partial charge in [-0.25, -0.2) is 4.57 Å². The zero-order chi connectivity index (χ0) is 25.3. The van der Waals surface area contributed by atoms with Crippen molar-refractivity contribution in [3.8, 4) is 0 Å². The molecule has 8 nitrogen and oxygen atoms in total. The van der Waals surface area contributed by atoms with Crippen LogP contribution in [0.15, 0.2) is 0 Å². The molecule has 0 aromatic carbocycles. The predicted octanol–water partition coefficient (Wildman–Crippen LogP) is 6.02. The zero-order valence-corrected chi connectivity index (χ0v) is 22.5. The summed E-state index contributed by atoms with van der Waals surface area (Å²) in [5, 5.41) is 9.28. The van der Waals surface area contributed by atoms with Crippen molar-refractivity contribution in [2.75, 3.05) is 26.4 Å². The van der Waals surface area contributed by atoms with E-state index >= 15 is 0 Å². The number of hydrogen-bond donors (Lipinski definition) is 3. The average molecular weight is 510 g/mol. The number of aliphatic hydroxyl groups excluding tert-OH is 1. The molecule has 0 fully saturated rings. The molecular formula is C25H52NO7P. The lowest BCUT2D eigenvalue weighted by molar-refractivity contribution is -0.153. The number of hydrogen-bond acceptors (Lipinski definition) is 7. The summed E-state index contributed by atoms with van der Waals surface area (Å²) in [7, 11) is -4.26. The van der Waals surface area contributed by atoms with Crippen LogP contribution < -0.4 is 5.73 Å². The summed E-state index contributed by atoms with van der Waals surface area (Å²) in [6, 6.07) is 0. The fourth-order valence-electron chi connectivity index (χ4n) is 3.75. The third kappa shape index (κ3) is 23.3. The third-order valence-electron chi connectivity index (χ3n) is 5.78. The Morgan fingerprint density at radius 2 is 1.24 bits per heavy atom. The lowest BCUT2D eigenvalue weighted by Crippen LogP contribution is -2.27. The third-order valence-corrected chi connectivity index (χ3v) is 6.77. The van der Waals surface area contributed by atoms with E-state index in [1.807, 2.05) is 0 Å². The van der Waals surface area contributed by atoms with Crippen LogP contribution in [0.5, 0.6) is 0 Å². The Balaban J connectivity index is 3.50. The van der Waals surface area contributed by atoms with E-state index in [0.717, 1.165) is 19.3 Å². The van der Waals surface area contributed by atoms with Gasteiger partial charge in [-0.2, -0.15) is 0 Å². The van der Waals surface area contributed by atoms with Gasteiger partial charge < -0.3 is 20.5 Å². The first-order chi connectivity index (χ1) is 16.4. The second-order valence-corrected chi connectivity index (χ2v) is 10.5. The summed E-state index contributed by atoms with van der Waals surface area (Å²) < 4.78 is 26.0. The van der Waals surface area contributed by atoms with Gasteiger partial charge in [0.2, 0.25) is 0 Å². The van der Waals surface area contributed by atoms with Crippen LogP contribution in [0.1, 0.15) is 122 Å². The van der Waals surface area contributed by atoms with E-state index in [1.54, 1.807) is 0 Å². The lowest BCUT2D eigenvalue weighted by atomic mass is 10.0. The highest BCUT2D eigenvalue weighted by molar-refractivity contribution is 7.47. The van der Waals surface area contributed by atoms with Crippen molar-refractivity contribution >= 4 is 13.8 Å². The molecule has 9 heteroatoms. The Labute approximate surface area is 207 Å². The van der Waals surface area contributed by atoms with Gasteiger partial charge in [0.25, 0.3) is 0 Å². The van der Waals surface area contributed by atoms with E-state index in [9.17, 15) is 19.4 Å². The van der Waals surface area contributed by atoms with Gasteiger partial charge in [0.15, 0.2) is 0 Å². The van der Waals surface area contributed by atoms with Crippen molar-refractivity contribution in [2.24, 2.45) is 5.73 Å². The number of esters is 1. The smallest absolute Gasteiger partial charge is 0.457 e. The van der Waals surface area contributed by atoms with Crippen molar-refractivity contribution in [3.05, 3.63) is 0 Å². The van der Waals surface area contributed by atoms with Crippen molar-refractivity contribution < 1.29 is 33.1 Å². The first-order valence-electron chi connectivity index (χ1n) is 13.6. The Hall–Kier alpha value is -0.500. The highest BCUT2D eigenvalue weighted by Crippen LogP contribution is 2.42. The molecule has 2 atom stereocenters. The van der Waals surface area contributed by atoms with Crippen LogP contribution in [0.4, 0.5) is 0 Å². The number of aliphatic hydroxyl groups is 1. The maximum atomic E-state index is 11.9. The molecule has 0 aliphatic heterocycles. The SMILES string of the molecule is CCCCCCCCCCCCCCCCCCCC(=O)O[C@H](CO)COP(=O)(O)OCCN. The van der Waals surface area contributed by atoms with Gasteiger partial charge in [-0.3, -0.25) is 13.8 Å². The Bertz CT molecular complexity index is 508. The van der Waals surface area contributed by atoms with Gasteiger partial charge in [0, 0.05) is 13.0 Å². The van der Waals surface area contributed by atoms with Crippen molar-refractivity contribution in [2.45, 2.75) is 129 Å². The zero-order valence-electron chi connectivity index (χ0n) is 21.6. The van der Waals surface area contributed by atoms with E-state index in [2.05, 4.69) is 11.4 Å². The molecule has 0 saturated carbocycles. The van der Waals surface area contributed by atoms with Gasteiger partial charge in [-0.05, 0) is 6.42 Å². The Kier molecular flexibility index (Phi) is 23.8. The van der Waals surface area contributed by atoms with E-state index in [0.29, 0.717) is 0 Å². The van der Waals surface area contributed by atoms with Gasteiger partial charge in [-0.15, -0.1) is 0 Å². The van der Waals surface area contributed by atoms with Gasteiger partial charge in [0.1, 0.15) is 6.10 Å². The normalized spacial score (nSPS) is 14.1. The fourth-order valence-corrected chi connectivity index (χ4v) is 4.51. The summed E-state index contributed by atoms with van der Waals surface area (Å²) in [5.74, 6) is -0.445. The predicted molar refractivity (Wildman–Crippen MR) is 137 cm³/mol. The second-order valence-electron chi connectivity index (χ2n) is 9.09. The molecular weight excluding hydrogens is 457 g/mol. The molecule has 0 bridgehead atoms. The van der Waals surface area contributed by atoms with Crippen LogP contribution in [-0.2, 0) is 23.1 Å². The molecule has 0 radical (unpaired) electrons. The highest BCUT2D eigenvalue weighted by atomic mass is 31.2. The topological polar surface area (TPSA) is 128 Å². The minimum Gasteiger partial charge on any atom is -0.457 e. The second kappa shape index (κ2) is 24.2. The van der Waals surface area contributed by atoms with Crippen molar-refractivity contribution in [1.29, 1.82) is 0 Å². The number of phosphoric ester groups is 1. The van der Waals surface area contributed by atoms with Crippen LogP contribution in [0.25, 0.3) is 0 Å². The molecule has 0 aliphatic rings. The molecule has 204 valence electrons. The van der Waals surface area contributed by atoms with Crippen LogP contribution >= 0.6 is 7.82 Å². The summed E-state index contributed by atoms with van der Waals surface area (Å²) >= 11 is 0. The molecule has 4 N–H and O–H groups in total. The van der Waals surface area contributed by atoms with Crippen molar-refractivity contribution in [1.82, 2.24) is 0 Å². The first-order valence-corrected chi connectivity index (χ1v) is 15.1. The quantitative estimate of drug-likeness (QED) is 0.0733. The number of carbonyl (C=O) groups is 1. The average Bonchev–Trinajstić information content (AvgIpc) is 2.82. The molecule has 0 amide bonds. The number of rotatable bonds is 26. The summed E-state index contributed by atoms with van der Waals surface area (Å²) in [6.07, 6.45) is 20.9. The number of phosphoric acid groups is 1. The Morgan fingerprint density at radius 3 is 1.65 bits per heavy atom. The van der Waals surface area contributed by atoms with Gasteiger partial charge in [0.05, 0.1) is 19.8 Å². The molecule has 1 unspecified atom stereocenters. The summed E-state index contributed by atoms with van der Waals surface area (Å²) in [6.45, 7) is 1.29. The number of ether oxygens (including phenoxy) is 1. The van der Waals surface area contributed by atoms with Gasteiger partial charge in [-0.1, -0.05) is 110 Å². The minimum absolute atomic E-state index is 0.0751. The summed E-state index contributed by atoms with van der Waals surface area (Å²) in [5.41, 5.74) is 5.20. The number of carbonyl (C=O) groups excluding carboxylic acids is 1. The van der Waals surface area contributed by atoms with Gasteiger partial charge >= 0.3 is 13.8 Å². The number of nitrogens with two attached hydrogens (primary N) is 1. The lowest BCUT2D eigenvalue weighted by Gasteiger charge is -2.17. The monoisotopic (exact) mass is 509 g/mol. The molecule has 0 heterocycles. The molecule has 34 heavy (non-hydrogen) atoms.